The predicted molar refractivity (Wildman–Crippen MR) is 88.0 cm³/mol. The van der Waals surface area contributed by atoms with Crippen LogP contribution in [0.4, 0.5) is 10.1 Å². The molecule has 2 aromatic rings. The van der Waals surface area contributed by atoms with Gasteiger partial charge in [0.2, 0.25) is 5.91 Å². The Hall–Kier alpha value is -1.89. The molecular weight excluding hydrogens is 315 g/mol. The Morgan fingerprint density at radius 1 is 1.43 bits per heavy atom. The van der Waals surface area contributed by atoms with Gasteiger partial charge in [-0.25, -0.2) is 4.39 Å². The van der Waals surface area contributed by atoms with Crippen molar-refractivity contribution < 1.29 is 9.18 Å². The third-order valence-electron chi connectivity index (χ3n) is 3.79. The van der Waals surface area contributed by atoms with E-state index in [2.05, 4.69) is 20.1 Å². The molecule has 1 aliphatic carbocycles. The Morgan fingerprint density at radius 2 is 2.17 bits per heavy atom. The molecule has 23 heavy (non-hydrogen) atoms. The SMILES string of the molecule is CCn1c(S[C@@H](C)C(=O)Nc2ccccc2F)nnc1C1CC1. The number of nitrogens with zero attached hydrogens (tertiary/aromatic N) is 3. The molecular formula is C16H19FN4OS. The molecule has 5 nitrogen and oxygen atoms in total. The zero-order valence-electron chi connectivity index (χ0n) is 13.1. The number of benzene rings is 1. The summed E-state index contributed by atoms with van der Waals surface area (Å²) in [5, 5.41) is 11.4. The van der Waals surface area contributed by atoms with Crippen LogP contribution in [0, 0.1) is 5.82 Å². The van der Waals surface area contributed by atoms with E-state index in [1.54, 1.807) is 25.1 Å². The van der Waals surface area contributed by atoms with Gasteiger partial charge in [-0.05, 0) is 38.8 Å². The lowest BCUT2D eigenvalue weighted by atomic mass is 10.3. The highest BCUT2D eigenvalue weighted by molar-refractivity contribution is 8.00. The molecule has 3 rings (SSSR count). The first-order chi connectivity index (χ1) is 11.1. The van der Waals surface area contributed by atoms with Crippen LogP contribution in [0.15, 0.2) is 29.4 Å². The third kappa shape index (κ3) is 3.55. The van der Waals surface area contributed by atoms with Crippen LogP contribution < -0.4 is 5.32 Å². The van der Waals surface area contributed by atoms with Crippen LogP contribution in [0.2, 0.25) is 0 Å². The molecule has 0 bridgehead atoms. The lowest BCUT2D eigenvalue weighted by molar-refractivity contribution is -0.115. The topological polar surface area (TPSA) is 59.8 Å². The van der Waals surface area contributed by atoms with E-state index in [4.69, 9.17) is 0 Å². The molecule has 0 unspecified atom stereocenters. The summed E-state index contributed by atoms with van der Waals surface area (Å²) in [6, 6.07) is 6.14. The summed E-state index contributed by atoms with van der Waals surface area (Å²) in [7, 11) is 0. The fourth-order valence-corrected chi connectivity index (χ4v) is 3.26. The van der Waals surface area contributed by atoms with Crippen LogP contribution in [0.1, 0.15) is 38.4 Å². The van der Waals surface area contributed by atoms with Crippen molar-refractivity contribution in [3.8, 4) is 0 Å². The number of rotatable bonds is 6. The van der Waals surface area contributed by atoms with Crippen molar-refractivity contribution >= 4 is 23.4 Å². The summed E-state index contributed by atoms with van der Waals surface area (Å²) in [6.07, 6.45) is 2.32. The lowest BCUT2D eigenvalue weighted by Gasteiger charge is -2.13. The average Bonchev–Trinajstić information content (AvgIpc) is 3.31. The number of nitrogens with one attached hydrogen (secondary N) is 1. The van der Waals surface area contributed by atoms with Crippen molar-refractivity contribution in [2.24, 2.45) is 0 Å². The van der Waals surface area contributed by atoms with E-state index in [-0.39, 0.29) is 11.6 Å². The molecule has 1 heterocycles. The highest BCUT2D eigenvalue weighted by Gasteiger charge is 2.30. The summed E-state index contributed by atoms with van der Waals surface area (Å²) in [6.45, 7) is 4.61. The lowest BCUT2D eigenvalue weighted by Crippen LogP contribution is -2.23. The van der Waals surface area contributed by atoms with Crippen LogP contribution in [0.3, 0.4) is 0 Å². The van der Waals surface area contributed by atoms with Gasteiger partial charge in [0.15, 0.2) is 5.16 Å². The van der Waals surface area contributed by atoms with Crippen LogP contribution in [0.25, 0.3) is 0 Å². The highest BCUT2D eigenvalue weighted by atomic mass is 32.2. The molecule has 1 aliphatic rings. The predicted octanol–water partition coefficient (Wildman–Crippen LogP) is 3.43. The summed E-state index contributed by atoms with van der Waals surface area (Å²) < 4.78 is 15.7. The maximum atomic E-state index is 13.6. The second-order valence-electron chi connectivity index (χ2n) is 5.59. The third-order valence-corrected chi connectivity index (χ3v) is 4.87. The normalized spacial score (nSPS) is 15.4. The molecule has 122 valence electrons. The molecule has 1 saturated carbocycles. The van der Waals surface area contributed by atoms with E-state index >= 15 is 0 Å². The van der Waals surface area contributed by atoms with Gasteiger partial charge in [0, 0.05) is 12.5 Å². The molecule has 0 saturated heterocycles. The minimum atomic E-state index is -0.439. The van der Waals surface area contributed by atoms with Crippen LogP contribution in [0.5, 0.6) is 0 Å². The van der Waals surface area contributed by atoms with Gasteiger partial charge in [-0.1, -0.05) is 23.9 Å². The number of hydrogen-bond donors (Lipinski definition) is 1. The van der Waals surface area contributed by atoms with E-state index in [1.165, 1.54) is 17.8 Å². The van der Waals surface area contributed by atoms with Gasteiger partial charge < -0.3 is 9.88 Å². The Morgan fingerprint density at radius 3 is 2.83 bits per heavy atom. The molecule has 1 fully saturated rings. The van der Waals surface area contributed by atoms with E-state index in [1.807, 2.05) is 6.92 Å². The molecule has 0 spiro atoms. The molecule has 1 aromatic heterocycles. The van der Waals surface area contributed by atoms with Crippen molar-refractivity contribution in [3.63, 3.8) is 0 Å². The minimum Gasteiger partial charge on any atom is -0.323 e. The second-order valence-corrected chi connectivity index (χ2v) is 6.90. The summed E-state index contributed by atoms with van der Waals surface area (Å²) >= 11 is 1.35. The van der Waals surface area contributed by atoms with E-state index < -0.39 is 11.1 Å². The first-order valence-corrected chi connectivity index (χ1v) is 8.63. The fourth-order valence-electron chi connectivity index (χ4n) is 2.34. The van der Waals surface area contributed by atoms with Crippen LogP contribution in [-0.4, -0.2) is 25.9 Å². The zero-order valence-corrected chi connectivity index (χ0v) is 13.9. The van der Waals surface area contributed by atoms with Gasteiger partial charge in [-0.15, -0.1) is 10.2 Å². The Labute approximate surface area is 138 Å². The quantitative estimate of drug-likeness (QED) is 0.822. The number of hydrogen-bond acceptors (Lipinski definition) is 4. The monoisotopic (exact) mass is 334 g/mol. The van der Waals surface area contributed by atoms with Crippen molar-refractivity contribution in [1.82, 2.24) is 14.8 Å². The number of aromatic nitrogens is 3. The number of carbonyl (C=O) groups is 1. The van der Waals surface area contributed by atoms with Gasteiger partial charge >= 0.3 is 0 Å². The van der Waals surface area contributed by atoms with Crippen molar-refractivity contribution in [2.75, 3.05) is 5.32 Å². The standard InChI is InChI=1S/C16H19FN4OS/c1-3-21-14(11-8-9-11)19-20-16(21)23-10(2)15(22)18-13-7-5-4-6-12(13)17/h4-7,10-11H,3,8-9H2,1-2H3,(H,18,22)/t10-/m0/s1. The second kappa shape index (κ2) is 6.70. The van der Waals surface area contributed by atoms with Gasteiger partial charge in [-0.3, -0.25) is 4.79 Å². The summed E-state index contributed by atoms with van der Waals surface area (Å²) in [4.78, 5) is 12.3. The number of carbonyl (C=O) groups excluding carboxylic acids is 1. The molecule has 0 aliphatic heterocycles. The number of halogens is 1. The first-order valence-electron chi connectivity index (χ1n) is 7.75. The zero-order chi connectivity index (χ0) is 16.4. The molecule has 1 aromatic carbocycles. The van der Waals surface area contributed by atoms with Gasteiger partial charge in [0.1, 0.15) is 11.6 Å². The van der Waals surface area contributed by atoms with Gasteiger partial charge in [0.25, 0.3) is 0 Å². The molecule has 0 radical (unpaired) electrons. The Balaban J connectivity index is 1.68. The minimum absolute atomic E-state index is 0.195. The van der Waals surface area contributed by atoms with E-state index in [0.29, 0.717) is 5.92 Å². The summed E-state index contributed by atoms with van der Waals surface area (Å²) in [5.74, 6) is 0.834. The molecule has 7 heteroatoms. The maximum Gasteiger partial charge on any atom is 0.237 e. The van der Waals surface area contributed by atoms with E-state index in [9.17, 15) is 9.18 Å². The highest BCUT2D eigenvalue weighted by Crippen LogP contribution is 2.40. The van der Waals surface area contributed by atoms with Crippen LogP contribution >= 0.6 is 11.8 Å². The first kappa shape index (κ1) is 16.0. The van der Waals surface area contributed by atoms with E-state index in [0.717, 1.165) is 30.4 Å². The number of para-hydroxylation sites is 1. The smallest absolute Gasteiger partial charge is 0.237 e. The van der Waals surface area contributed by atoms with Crippen molar-refractivity contribution in [2.45, 2.75) is 49.6 Å². The number of thioether (sulfide) groups is 1. The van der Waals surface area contributed by atoms with Gasteiger partial charge in [-0.2, -0.15) is 0 Å². The van der Waals surface area contributed by atoms with Crippen molar-refractivity contribution in [1.29, 1.82) is 0 Å². The summed E-state index contributed by atoms with van der Waals surface area (Å²) in [5.41, 5.74) is 0.195. The Kier molecular flexibility index (Phi) is 4.66. The van der Waals surface area contributed by atoms with Gasteiger partial charge in [0.05, 0.1) is 10.9 Å². The van der Waals surface area contributed by atoms with Crippen LogP contribution in [-0.2, 0) is 11.3 Å². The number of anilines is 1. The largest absolute Gasteiger partial charge is 0.323 e. The average molecular weight is 334 g/mol. The number of amides is 1. The fraction of sp³-hybridized carbons (Fsp3) is 0.438. The molecule has 1 amide bonds. The van der Waals surface area contributed by atoms with Crippen molar-refractivity contribution in [3.05, 3.63) is 35.9 Å². The molecule has 1 N–H and O–H groups in total. The molecule has 1 atom stereocenters. The Bertz CT molecular complexity index is 714. The maximum absolute atomic E-state index is 13.6.